The third-order valence-electron chi connectivity index (χ3n) is 5.60. The van der Waals surface area contributed by atoms with Crippen molar-refractivity contribution < 1.29 is 19.4 Å². The quantitative estimate of drug-likeness (QED) is 0.376. The fraction of sp³-hybridized carbons (Fsp3) is 0.407. The summed E-state index contributed by atoms with van der Waals surface area (Å²) in [7, 11) is 1.55. The molecule has 1 aliphatic heterocycles. The predicted octanol–water partition coefficient (Wildman–Crippen LogP) is 4.95. The summed E-state index contributed by atoms with van der Waals surface area (Å²) < 4.78 is 5.16. The van der Waals surface area contributed by atoms with Crippen LogP contribution in [0.25, 0.3) is 0 Å². The molecule has 1 heterocycles. The number of hydrogen-bond donors (Lipinski definition) is 3. The summed E-state index contributed by atoms with van der Waals surface area (Å²) in [5.74, 6) is 0.358. The van der Waals surface area contributed by atoms with Gasteiger partial charge in [-0.05, 0) is 40.7 Å². The van der Waals surface area contributed by atoms with Crippen LogP contribution in [0.15, 0.2) is 46.6 Å². The first-order chi connectivity index (χ1) is 16.8. The highest BCUT2D eigenvalue weighted by atomic mass is 32.2. The number of thioether (sulfide) groups is 1. The Bertz CT molecular complexity index is 1170. The minimum absolute atomic E-state index is 0.00169. The highest BCUT2D eigenvalue weighted by molar-refractivity contribution is 8.15. The second-order valence-corrected chi connectivity index (χ2v) is 11.9. The highest BCUT2D eigenvalue weighted by Crippen LogP contribution is 2.39. The van der Waals surface area contributed by atoms with Crippen molar-refractivity contribution >= 4 is 40.6 Å². The average molecular weight is 511 g/mol. The lowest BCUT2D eigenvalue weighted by Crippen LogP contribution is -2.28. The first-order valence-electron chi connectivity index (χ1n) is 11.7. The molecule has 1 unspecified atom stereocenters. The second-order valence-electron chi connectivity index (χ2n) is 10.7. The Morgan fingerprint density at radius 3 is 2.36 bits per heavy atom. The molecule has 0 radical (unpaired) electrons. The molecular formula is C27H34N4O4S. The van der Waals surface area contributed by atoms with Crippen LogP contribution < -0.4 is 15.4 Å². The number of carbonyl (C=O) groups excluding carboxylic acids is 2. The molecule has 0 aliphatic carbocycles. The number of nitrogens with zero attached hydrogens (tertiary/aromatic N) is 2. The van der Waals surface area contributed by atoms with Crippen molar-refractivity contribution in [2.75, 3.05) is 12.4 Å². The number of anilines is 1. The summed E-state index contributed by atoms with van der Waals surface area (Å²) in [5.41, 5.74) is 2.54. The van der Waals surface area contributed by atoms with Gasteiger partial charge in [-0.1, -0.05) is 59.4 Å². The maximum absolute atomic E-state index is 12.4. The molecule has 0 saturated carbocycles. The number of carbonyl (C=O) groups is 2. The minimum Gasteiger partial charge on any atom is -0.507 e. The van der Waals surface area contributed by atoms with Crippen LogP contribution >= 0.6 is 11.8 Å². The van der Waals surface area contributed by atoms with Crippen LogP contribution in [-0.2, 0) is 20.4 Å². The number of phenolic OH excluding ortho intramolecular Hbond substituents is 1. The van der Waals surface area contributed by atoms with Crippen LogP contribution in [-0.4, -0.2) is 40.7 Å². The fourth-order valence-electron chi connectivity index (χ4n) is 3.69. The van der Waals surface area contributed by atoms with E-state index >= 15 is 0 Å². The van der Waals surface area contributed by atoms with E-state index in [1.807, 2.05) is 53.7 Å². The van der Waals surface area contributed by atoms with Gasteiger partial charge in [-0.25, -0.2) is 0 Å². The van der Waals surface area contributed by atoms with Crippen molar-refractivity contribution in [3.63, 3.8) is 0 Å². The highest BCUT2D eigenvalue weighted by Gasteiger charge is 2.32. The van der Waals surface area contributed by atoms with Gasteiger partial charge in [0, 0.05) is 29.3 Å². The minimum atomic E-state index is -0.599. The summed E-state index contributed by atoms with van der Waals surface area (Å²) >= 11 is 1.17. The number of nitrogens with one attached hydrogen (secondary N) is 2. The maximum atomic E-state index is 12.4. The SMILES string of the molecule is COc1cccc(NC(=O)CC2SC(=NN=Cc3cc(C(C)(C)C)c(O)c(C(C)(C)C)c3)NC2=O)c1. The lowest BCUT2D eigenvalue weighted by Gasteiger charge is -2.27. The van der Waals surface area contributed by atoms with Crippen LogP contribution in [0.5, 0.6) is 11.5 Å². The molecule has 1 saturated heterocycles. The fourth-order valence-corrected chi connectivity index (χ4v) is 4.61. The van der Waals surface area contributed by atoms with Crippen LogP contribution in [0, 0.1) is 0 Å². The lowest BCUT2D eigenvalue weighted by molar-refractivity contribution is -0.122. The Labute approximate surface area is 216 Å². The molecule has 1 fully saturated rings. The number of ether oxygens (including phenoxy) is 1. The van der Waals surface area contributed by atoms with Crippen molar-refractivity contribution in [3.05, 3.63) is 53.1 Å². The zero-order valence-corrected chi connectivity index (χ0v) is 22.6. The molecule has 1 aliphatic rings. The molecule has 2 amide bonds. The lowest BCUT2D eigenvalue weighted by atomic mass is 9.78. The molecule has 3 N–H and O–H groups in total. The summed E-state index contributed by atoms with van der Waals surface area (Å²) in [5, 5.41) is 24.4. The summed E-state index contributed by atoms with van der Waals surface area (Å²) in [6, 6.07) is 10.8. The predicted molar refractivity (Wildman–Crippen MR) is 146 cm³/mol. The number of amides is 2. The zero-order chi connectivity index (χ0) is 26.7. The van der Waals surface area contributed by atoms with Gasteiger partial charge in [0.25, 0.3) is 0 Å². The van der Waals surface area contributed by atoms with E-state index in [1.54, 1.807) is 37.6 Å². The van der Waals surface area contributed by atoms with E-state index in [0.717, 1.165) is 16.7 Å². The van der Waals surface area contributed by atoms with E-state index in [4.69, 9.17) is 4.74 Å². The van der Waals surface area contributed by atoms with Crippen molar-refractivity contribution in [3.8, 4) is 11.5 Å². The van der Waals surface area contributed by atoms with E-state index in [2.05, 4.69) is 20.8 Å². The van der Waals surface area contributed by atoms with Gasteiger partial charge in [-0.2, -0.15) is 5.10 Å². The largest absolute Gasteiger partial charge is 0.507 e. The third kappa shape index (κ3) is 6.87. The molecule has 0 spiro atoms. The summed E-state index contributed by atoms with van der Waals surface area (Å²) in [6.07, 6.45) is 1.60. The summed E-state index contributed by atoms with van der Waals surface area (Å²) in [4.78, 5) is 24.8. The monoisotopic (exact) mass is 510 g/mol. The Kier molecular flexibility index (Phi) is 8.13. The summed E-state index contributed by atoms with van der Waals surface area (Å²) in [6.45, 7) is 12.3. The Morgan fingerprint density at radius 1 is 1.14 bits per heavy atom. The van der Waals surface area contributed by atoms with Crippen molar-refractivity contribution in [1.82, 2.24) is 5.32 Å². The van der Waals surface area contributed by atoms with E-state index in [-0.39, 0.29) is 29.1 Å². The smallest absolute Gasteiger partial charge is 0.240 e. The van der Waals surface area contributed by atoms with Gasteiger partial charge in [0.15, 0.2) is 5.17 Å². The molecule has 192 valence electrons. The number of amidine groups is 1. The maximum Gasteiger partial charge on any atom is 0.240 e. The van der Waals surface area contributed by atoms with Crippen molar-refractivity contribution in [2.24, 2.45) is 10.2 Å². The second kappa shape index (κ2) is 10.7. The van der Waals surface area contributed by atoms with Crippen LogP contribution in [0.2, 0.25) is 0 Å². The van der Waals surface area contributed by atoms with E-state index in [1.165, 1.54) is 11.8 Å². The van der Waals surface area contributed by atoms with Gasteiger partial charge in [-0.3, -0.25) is 9.59 Å². The van der Waals surface area contributed by atoms with Gasteiger partial charge in [0.1, 0.15) is 16.7 Å². The van der Waals surface area contributed by atoms with Crippen LogP contribution in [0.3, 0.4) is 0 Å². The van der Waals surface area contributed by atoms with Crippen molar-refractivity contribution in [1.29, 1.82) is 0 Å². The molecule has 9 heteroatoms. The molecule has 2 aromatic rings. The number of hydrogen-bond acceptors (Lipinski definition) is 7. The van der Waals surface area contributed by atoms with Gasteiger partial charge in [0.05, 0.1) is 13.3 Å². The number of aromatic hydroxyl groups is 1. The van der Waals surface area contributed by atoms with E-state index < -0.39 is 5.25 Å². The van der Waals surface area contributed by atoms with Crippen LogP contribution in [0.1, 0.15) is 64.7 Å². The van der Waals surface area contributed by atoms with E-state index in [0.29, 0.717) is 22.4 Å². The van der Waals surface area contributed by atoms with Gasteiger partial charge in [-0.15, -0.1) is 5.10 Å². The molecule has 0 aromatic heterocycles. The number of benzene rings is 2. The molecule has 36 heavy (non-hydrogen) atoms. The first kappa shape index (κ1) is 27.3. The van der Waals surface area contributed by atoms with Gasteiger partial charge < -0.3 is 20.5 Å². The van der Waals surface area contributed by atoms with Gasteiger partial charge in [0.2, 0.25) is 11.8 Å². The molecule has 2 aromatic carbocycles. The Hall–Kier alpha value is -3.33. The van der Waals surface area contributed by atoms with Gasteiger partial charge >= 0.3 is 0 Å². The molecule has 8 nitrogen and oxygen atoms in total. The Morgan fingerprint density at radius 2 is 1.78 bits per heavy atom. The standard InChI is InChI=1S/C27H34N4O4S/c1-26(2,3)19-11-16(12-20(23(19)33)27(4,5)6)15-28-31-25-30-24(34)21(36-25)14-22(32)29-17-9-8-10-18(13-17)35-7/h8-13,15,21,33H,14H2,1-7H3,(H,29,32)(H,30,31,34). The van der Waals surface area contributed by atoms with Crippen LogP contribution in [0.4, 0.5) is 5.69 Å². The average Bonchev–Trinajstić information content (AvgIpc) is 3.11. The Balaban J connectivity index is 1.70. The first-order valence-corrected chi connectivity index (χ1v) is 12.6. The molecule has 3 rings (SSSR count). The van der Waals surface area contributed by atoms with E-state index in [9.17, 15) is 14.7 Å². The number of rotatable bonds is 6. The third-order valence-corrected chi connectivity index (χ3v) is 6.68. The zero-order valence-electron chi connectivity index (χ0n) is 21.8. The topological polar surface area (TPSA) is 112 Å². The van der Waals surface area contributed by atoms with Crippen molar-refractivity contribution in [2.45, 2.75) is 64.0 Å². The molecular weight excluding hydrogens is 476 g/mol. The molecule has 0 bridgehead atoms. The molecule has 1 atom stereocenters. The number of phenols is 1. The number of methoxy groups -OCH3 is 1. The normalized spacial score (nSPS) is 17.5.